The molecule has 1 aliphatic rings. The van der Waals surface area contributed by atoms with Crippen LogP contribution < -0.4 is 5.73 Å². The van der Waals surface area contributed by atoms with Crippen molar-refractivity contribution in [3.05, 3.63) is 35.9 Å². The number of primary amides is 1. The van der Waals surface area contributed by atoms with Crippen molar-refractivity contribution in [3.63, 3.8) is 0 Å². The number of carbonyl (C=O) groups excluding carboxylic acids is 2. The maximum absolute atomic E-state index is 12.0. The summed E-state index contributed by atoms with van der Waals surface area (Å²) in [5.74, 6) is -0.754. The van der Waals surface area contributed by atoms with Gasteiger partial charge in [-0.1, -0.05) is 37.3 Å². The number of ether oxygens (including phenoxy) is 1. The summed E-state index contributed by atoms with van der Waals surface area (Å²) in [5, 5.41) is 0. The van der Waals surface area contributed by atoms with Gasteiger partial charge < -0.3 is 15.4 Å². The molecule has 2 atom stereocenters. The quantitative estimate of drug-likeness (QED) is 0.798. The Morgan fingerprint density at radius 3 is 2.71 bits per heavy atom. The van der Waals surface area contributed by atoms with Crippen molar-refractivity contribution in [2.45, 2.75) is 20.0 Å². The Kier molecular flexibility index (Phi) is 5.33. The molecule has 1 heterocycles. The summed E-state index contributed by atoms with van der Waals surface area (Å²) in [5.41, 5.74) is 6.29. The molecule has 21 heavy (non-hydrogen) atoms. The molecule has 0 aliphatic carbocycles. The standard InChI is InChI=1S/C16H22N2O3/c1-12(9-18-8-7-14(10-18)15(17)19)16(20)21-11-13-5-3-2-4-6-13/h2-6,12,14H,7-11H2,1H3,(H2,17,19). The van der Waals surface area contributed by atoms with Crippen LogP contribution in [0.4, 0.5) is 0 Å². The molecule has 1 aromatic rings. The topological polar surface area (TPSA) is 72.6 Å². The third-order valence-corrected chi connectivity index (χ3v) is 3.83. The van der Waals surface area contributed by atoms with Gasteiger partial charge >= 0.3 is 5.97 Å². The average Bonchev–Trinajstić information content (AvgIpc) is 2.94. The van der Waals surface area contributed by atoms with Gasteiger partial charge in [-0.2, -0.15) is 0 Å². The van der Waals surface area contributed by atoms with Gasteiger partial charge in [-0.25, -0.2) is 0 Å². The van der Waals surface area contributed by atoms with Gasteiger partial charge in [0, 0.05) is 13.1 Å². The fourth-order valence-corrected chi connectivity index (χ4v) is 2.56. The number of carbonyl (C=O) groups is 2. The molecule has 2 rings (SSSR count). The van der Waals surface area contributed by atoms with E-state index in [1.807, 2.05) is 37.3 Å². The first-order chi connectivity index (χ1) is 10.1. The highest BCUT2D eigenvalue weighted by molar-refractivity contribution is 5.77. The molecule has 5 nitrogen and oxygen atoms in total. The van der Waals surface area contributed by atoms with Crippen LogP contribution in [0.15, 0.2) is 30.3 Å². The lowest BCUT2D eigenvalue weighted by Gasteiger charge is -2.19. The Labute approximate surface area is 125 Å². The molecule has 2 N–H and O–H groups in total. The monoisotopic (exact) mass is 290 g/mol. The Morgan fingerprint density at radius 1 is 1.38 bits per heavy atom. The fourth-order valence-electron chi connectivity index (χ4n) is 2.56. The van der Waals surface area contributed by atoms with Gasteiger partial charge in [-0.15, -0.1) is 0 Å². The van der Waals surface area contributed by atoms with Gasteiger partial charge in [-0.05, 0) is 18.5 Å². The lowest BCUT2D eigenvalue weighted by atomic mass is 10.1. The van der Waals surface area contributed by atoms with E-state index in [1.165, 1.54) is 0 Å². The molecule has 1 aliphatic heterocycles. The molecular formula is C16H22N2O3. The molecule has 2 unspecified atom stereocenters. The highest BCUT2D eigenvalue weighted by Gasteiger charge is 2.28. The number of nitrogens with zero attached hydrogens (tertiary/aromatic N) is 1. The van der Waals surface area contributed by atoms with Crippen LogP contribution in [-0.2, 0) is 20.9 Å². The number of benzene rings is 1. The van der Waals surface area contributed by atoms with Crippen molar-refractivity contribution in [1.82, 2.24) is 4.90 Å². The van der Waals surface area contributed by atoms with Crippen LogP contribution in [0.5, 0.6) is 0 Å². The second-order valence-corrected chi connectivity index (χ2v) is 5.64. The summed E-state index contributed by atoms with van der Waals surface area (Å²) >= 11 is 0. The van der Waals surface area contributed by atoms with Crippen LogP contribution in [0.1, 0.15) is 18.9 Å². The predicted molar refractivity (Wildman–Crippen MR) is 79.1 cm³/mol. The molecule has 0 radical (unpaired) electrons. The van der Waals surface area contributed by atoms with Crippen LogP contribution in [-0.4, -0.2) is 36.4 Å². The summed E-state index contributed by atoms with van der Waals surface area (Å²) in [7, 11) is 0. The molecule has 0 saturated carbocycles. The normalized spacial score (nSPS) is 20.1. The summed E-state index contributed by atoms with van der Waals surface area (Å²) in [6.07, 6.45) is 0.779. The van der Waals surface area contributed by atoms with E-state index < -0.39 is 0 Å². The van der Waals surface area contributed by atoms with E-state index >= 15 is 0 Å². The number of nitrogens with two attached hydrogens (primary N) is 1. The maximum atomic E-state index is 12.0. The average molecular weight is 290 g/mol. The molecule has 0 bridgehead atoms. The van der Waals surface area contributed by atoms with Crippen molar-refractivity contribution in [2.75, 3.05) is 19.6 Å². The molecule has 0 aromatic heterocycles. The Balaban J connectivity index is 1.74. The molecule has 1 amide bonds. The first kappa shape index (κ1) is 15.5. The van der Waals surface area contributed by atoms with E-state index in [4.69, 9.17) is 10.5 Å². The van der Waals surface area contributed by atoms with Crippen molar-refractivity contribution >= 4 is 11.9 Å². The van der Waals surface area contributed by atoms with E-state index in [1.54, 1.807) is 0 Å². The minimum atomic E-state index is -0.253. The van der Waals surface area contributed by atoms with Crippen molar-refractivity contribution in [3.8, 4) is 0 Å². The third-order valence-electron chi connectivity index (χ3n) is 3.83. The van der Waals surface area contributed by atoms with Gasteiger partial charge in [-0.3, -0.25) is 9.59 Å². The zero-order valence-corrected chi connectivity index (χ0v) is 12.3. The van der Waals surface area contributed by atoms with Crippen LogP contribution in [0.3, 0.4) is 0 Å². The molecule has 1 aromatic carbocycles. The molecule has 1 saturated heterocycles. The molecule has 1 fully saturated rings. The second kappa shape index (κ2) is 7.22. The van der Waals surface area contributed by atoms with Crippen LogP contribution in [0.25, 0.3) is 0 Å². The van der Waals surface area contributed by atoms with Crippen molar-refractivity contribution in [1.29, 1.82) is 0 Å². The third kappa shape index (κ3) is 4.56. The SMILES string of the molecule is CC(CN1CCC(C(N)=O)C1)C(=O)OCc1ccccc1. The van der Waals surface area contributed by atoms with Gasteiger partial charge in [0.05, 0.1) is 11.8 Å². The largest absolute Gasteiger partial charge is 0.461 e. The van der Waals surface area contributed by atoms with Crippen molar-refractivity contribution in [2.24, 2.45) is 17.6 Å². The summed E-state index contributed by atoms with van der Waals surface area (Å²) < 4.78 is 5.32. The van der Waals surface area contributed by atoms with Gasteiger partial charge in [0.1, 0.15) is 6.61 Å². The first-order valence-electron chi connectivity index (χ1n) is 7.28. The predicted octanol–water partition coefficient (Wildman–Crippen LogP) is 1.17. The van der Waals surface area contributed by atoms with Gasteiger partial charge in [0.25, 0.3) is 0 Å². The summed E-state index contributed by atoms with van der Waals surface area (Å²) in [4.78, 5) is 25.2. The summed E-state index contributed by atoms with van der Waals surface area (Å²) in [6.45, 7) is 4.21. The Morgan fingerprint density at radius 2 is 2.10 bits per heavy atom. The minimum Gasteiger partial charge on any atom is -0.461 e. The number of hydrogen-bond acceptors (Lipinski definition) is 4. The van der Waals surface area contributed by atoms with Crippen molar-refractivity contribution < 1.29 is 14.3 Å². The van der Waals surface area contributed by atoms with Gasteiger partial charge in [0.2, 0.25) is 5.91 Å². The number of esters is 1. The van der Waals surface area contributed by atoms with Crippen LogP contribution in [0, 0.1) is 11.8 Å². The number of amides is 1. The van der Waals surface area contributed by atoms with E-state index in [0.29, 0.717) is 19.7 Å². The Hall–Kier alpha value is -1.88. The van der Waals surface area contributed by atoms with Crippen LogP contribution in [0.2, 0.25) is 0 Å². The zero-order valence-electron chi connectivity index (χ0n) is 12.3. The van der Waals surface area contributed by atoms with E-state index in [-0.39, 0.29) is 23.7 Å². The number of likely N-dealkylation sites (tertiary alicyclic amines) is 1. The second-order valence-electron chi connectivity index (χ2n) is 5.64. The highest BCUT2D eigenvalue weighted by atomic mass is 16.5. The summed E-state index contributed by atoms with van der Waals surface area (Å²) in [6, 6.07) is 9.61. The van der Waals surface area contributed by atoms with Gasteiger partial charge in [0.15, 0.2) is 0 Å². The highest BCUT2D eigenvalue weighted by Crippen LogP contribution is 2.17. The maximum Gasteiger partial charge on any atom is 0.310 e. The number of rotatable bonds is 6. The zero-order chi connectivity index (χ0) is 15.2. The van der Waals surface area contributed by atoms with Crippen LogP contribution >= 0.6 is 0 Å². The molecule has 114 valence electrons. The lowest BCUT2D eigenvalue weighted by molar-refractivity contribution is -0.149. The first-order valence-corrected chi connectivity index (χ1v) is 7.28. The van der Waals surface area contributed by atoms with E-state index in [2.05, 4.69) is 4.90 Å². The minimum absolute atomic E-state index is 0.0856. The molecule has 0 spiro atoms. The van der Waals surface area contributed by atoms with E-state index in [9.17, 15) is 9.59 Å². The number of hydrogen-bond donors (Lipinski definition) is 1. The van der Waals surface area contributed by atoms with E-state index in [0.717, 1.165) is 18.5 Å². The lowest BCUT2D eigenvalue weighted by Crippen LogP contribution is -2.33. The molecule has 5 heteroatoms. The fraction of sp³-hybridized carbons (Fsp3) is 0.500. The molecular weight excluding hydrogens is 268 g/mol. The Bertz CT molecular complexity index is 490. The smallest absolute Gasteiger partial charge is 0.310 e.